The Bertz CT molecular complexity index is 1450. The zero-order valence-corrected chi connectivity index (χ0v) is 18.3. The SMILES string of the molecule is Cc1ccc(-n2c(=O)c3ccccc3n3c(SCc4ncoc4C(C)C)nnc23)cc1. The van der Waals surface area contributed by atoms with Crippen LogP contribution in [0.25, 0.3) is 22.4 Å². The first-order valence-electron chi connectivity index (χ1n) is 10.1. The molecular formula is C23H21N5O2S. The van der Waals surface area contributed by atoms with Crippen LogP contribution in [0.3, 0.4) is 0 Å². The molecule has 0 saturated carbocycles. The molecule has 31 heavy (non-hydrogen) atoms. The van der Waals surface area contributed by atoms with Crippen molar-refractivity contribution in [3.8, 4) is 5.69 Å². The van der Waals surface area contributed by atoms with Gasteiger partial charge in [-0.2, -0.15) is 0 Å². The number of aromatic nitrogens is 5. The summed E-state index contributed by atoms with van der Waals surface area (Å²) < 4.78 is 9.10. The lowest BCUT2D eigenvalue weighted by Crippen LogP contribution is -2.21. The van der Waals surface area contributed by atoms with E-state index < -0.39 is 0 Å². The van der Waals surface area contributed by atoms with Gasteiger partial charge in [0.1, 0.15) is 5.76 Å². The third kappa shape index (κ3) is 3.33. The minimum absolute atomic E-state index is 0.116. The van der Waals surface area contributed by atoms with E-state index in [2.05, 4.69) is 29.0 Å². The van der Waals surface area contributed by atoms with E-state index in [1.165, 1.54) is 18.2 Å². The van der Waals surface area contributed by atoms with Crippen molar-refractivity contribution < 1.29 is 4.42 Å². The second-order valence-corrected chi connectivity index (χ2v) is 8.66. The average Bonchev–Trinajstić information content (AvgIpc) is 3.41. The highest BCUT2D eigenvalue weighted by Gasteiger charge is 2.19. The molecule has 0 N–H and O–H groups in total. The molecule has 5 aromatic rings. The summed E-state index contributed by atoms with van der Waals surface area (Å²) in [4.78, 5) is 17.7. The molecule has 0 bridgehead atoms. The van der Waals surface area contributed by atoms with Crippen molar-refractivity contribution >= 4 is 28.4 Å². The Kier molecular flexibility index (Phi) is 4.86. The van der Waals surface area contributed by atoms with Gasteiger partial charge in [0, 0.05) is 11.7 Å². The summed E-state index contributed by atoms with van der Waals surface area (Å²) in [5.41, 5.74) is 3.44. The van der Waals surface area contributed by atoms with Crippen molar-refractivity contribution in [3.63, 3.8) is 0 Å². The molecule has 0 saturated heterocycles. The molecule has 0 fully saturated rings. The number of hydrogen-bond donors (Lipinski definition) is 0. The molecule has 0 radical (unpaired) electrons. The van der Waals surface area contributed by atoms with Crippen LogP contribution in [0.15, 0.2) is 69.3 Å². The topological polar surface area (TPSA) is 78.2 Å². The summed E-state index contributed by atoms with van der Waals surface area (Å²) in [6.07, 6.45) is 1.48. The third-order valence-electron chi connectivity index (χ3n) is 5.22. The first kappa shape index (κ1) is 19.6. The molecule has 0 amide bonds. The summed E-state index contributed by atoms with van der Waals surface area (Å²) in [6, 6.07) is 15.4. The van der Waals surface area contributed by atoms with Crippen LogP contribution in [0.4, 0.5) is 0 Å². The van der Waals surface area contributed by atoms with Crippen molar-refractivity contribution in [1.29, 1.82) is 0 Å². The zero-order chi connectivity index (χ0) is 21.5. The first-order chi connectivity index (χ1) is 15.0. The maximum atomic E-state index is 13.4. The fourth-order valence-electron chi connectivity index (χ4n) is 3.69. The number of benzene rings is 2. The molecule has 0 aliphatic carbocycles. The standard InChI is InChI=1S/C23H21N5O2S/c1-14(2)20-18(24-13-30-20)12-31-23-26-25-22-27(16-10-8-15(3)9-11-16)21(29)17-6-4-5-7-19(17)28(22)23/h4-11,13-14H,12H2,1-3H3. The van der Waals surface area contributed by atoms with Crippen LogP contribution in [0.1, 0.15) is 36.8 Å². The molecule has 7 nitrogen and oxygen atoms in total. The lowest BCUT2D eigenvalue weighted by atomic mass is 10.1. The summed E-state index contributed by atoms with van der Waals surface area (Å²) in [7, 11) is 0. The summed E-state index contributed by atoms with van der Waals surface area (Å²) in [5, 5.41) is 10.1. The Balaban J connectivity index is 1.68. The van der Waals surface area contributed by atoms with E-state index in [1.54, 1.807) is 4.57 Å². The molecule has 3 heterocycles. The molecular weight excluding hydrogens is 410 g/mol. The number of hydrogen-bond acceptors (Lipinski definition) is 6. The first-order valence-corrected chi connectivity index (χ1v) is 11.0. The van der Waals surface area contributed by atoms with Crippen molar-refractivity contribution in [2.24, 2.45) is 0 Å². The normalized spacial score (nSPS) is 11.7. The highest BCUT2D eigenvalue weighted by molar-refractivity contribution is 7.98. The molecule has 156 valence electrons. The van der Waals surface area contributed by atoms with Gasteiger partial charge in [-0.3, -0.25) is 9.20 Å². The fourth-order valence-corrected chi connectivity index (χ4v) is 4.58. The van der Waals surface area contributed by atoms with E-state index in [9.17, 15) is 4.79 Å². The van der Waals surface area contributed by atoms with Gasteiger partial charge in [0.05, 0.1) is 22.3 Å². The van der Waals surface area contributed by atoms with Crippen molar-refractivity contribution in [3.05, 3.63) is 82.3 Å². The molecule has 5 rings (SSSR count). The Hall–Kier alpha value is -3.39. The quantitative estimate of drug-likeness (QED) is 0.374. The van der Waals surface area contributed by atoms with E-state index in [0.717, 1.165) is 28.2 Å². The number of para-hydroxylation sites is 1. The maximum absolute atomic E-state index is 13.4. The molecule has 8 heteroatoms. The van der Waals surface area contributed by atoms with Crippen molar-refractivity contribution in [1.82, 2.24) is 24.1 Å². The van der Waals surface area contributed by atoms with E-state index in [-0.39, 0.29) is 11.5 Å². The highest BCUT2D eigenvalue weighted by Crippen LogP contribution is 2.28. The van der Waals surface area contributed by atoms with E-state index in [4.69, 9.17) is 4.42 Å². The van der Waals surface area contributed by atoms with Gasteiger partial charge in [0.25, 0.3) is 5.56 Å². The van der Waals surface area contributed by atoms with Gasteiger partial charge >= 0.3 is 0 Å². The fraction of sp³-hybridized carbons (Fsp3) is 0.217. The second kappa shape index (κ2) is 7.70. The van der Waals surface area contributed by atoms with Gasteiger partial charge in [0.2, 0.25) is 5.78 Å². The molecule has 2 aromatic carbocycles. The Labute approximate surface area is 182 Å². The summed E-state index contributed by atoms with van der Waals surface area (Å²) >= 11 is 1.52. The Morgan fingerprint density at radius 2 is 1.84 bits per heavy atom. The molecule has 3 aromatic heterocycles. The monoisotopic (exact) mass is 431 g/mol. The Morgan fingerprint density at radius 3 is 2.61 bits per heavy atom. The van der Waals surface area contributed by atoms with Gasteiger partial charge in [-0.25, -0.2) is 9.55 Å². The molecule has 0 spiro atoms. The molecule has 0 aliphatic rings. The summed E-state index contributed by atoms with van der Waals surface area (Å²) in [6.45, 7) is 6.17. The molecule has 0 unspecified atom stereocenters. The minimum Gasteiger partial charge on any atom is -0.448 e. The largest absolute Gasteiger partial charge is 0.448 e. The third-order valence-corrected chi connectivity index (χ3v) is 6.16. The smallest absolute Gasteiger partial charge is 0.267 e. The van der Waals surface area contributed by atoms with Crippen LogP contribution in [-0.4, -0.2) is 24.1 Å². The predicted molar refractivity (Wildman–Crippen MR) is 121 cm³/mol. The van der Waals surface area contributed by atoms with Crippen molar-refractivity contribution in [2.45, 2.75) is 37.6 Å². The number of oxazole rings is 1. The summed E-state index contributed by atoms with van der Waals surface area (Å²) in [5.74, 6) is 2.21. The van der Waals surface area contributed by atoms with Crippen LogP contribution >= 0.6 is 11.8 Å². The highest BCUT2D eigenvalue weighted by atomic mass is 32.2. The van der Waals surface area contributed by atoms with Crippen LogP contribution in [-0.2, 0) is 5.75 Å². The predicted octanol–water partition coefficient (Wildman–Crippen LogP) is 4.75. The van der Waals surface area contributed by atoms with Crippen molar-refractivity contribution in [2.75, 3.05) is 0 Å². The van der Waals surface area contributed by atoms with Crippen LogP contribution in [0.2, 0.25) is 0 Å². The zero-order valence-electron chi connectivity index (χ0n) is 17.4. The number of rotatable bonds is 5. The number of fused-ring (bicyclic) bond motifs is 3. The Morgan fingerprint density at radius 1 is 1.06 bits per heavy atom. The minimum atomic E-state index is -0.116. The van der Waals surface area contributed by atoms with Gasteiger partial charge in [-0.05, 0) is 31.2 Å². The van der Waals surface area contributed by atoms with E-state index >= 15 is 0 Å². The lowest BCUT2D eigenvalue weighted by molar-refractivity contribution is 0.480. The average molecular weight is 432 g/mol. The maximum Gasteiger partial charge on any atom is 0.267 e. The number of thioether (sulfide) groups is 1. The van der Waals surface area contributed by atoms with Crippen LogP contribution < -0.4 is 5.56 Å². The van der Waals surface area contributed by atoms with Crippen LogP contribution in [0.5, 0.6) is 0 Å². The number of aryl methyl sites for hydroxylation is 1. The van der Waals surface area contributed by atoms with Crippen LogP contribution in [0, 0.1) is 6.92 Å². The number of nitrogens with zero attached hydrogens (tertiary/aromatic N) is 5. The molecule has 0 atom stereocenters. The molecule has 0 aliphatic heterocycles. The van der Waals surface area contributed by atoms with Gasteiger partial charge in [-0.1, -0.05) is 55.4 Å². The van der Waals surface area contributed by atoms with Gasteiger partial charge in [-0.15, -0.1) is 10.2 Å². The lowest BCUT2D eigenvalue weighted by Gasteiger charge is -2.11. The van der Waals surface area contributed by atoms with E-state index in [0.29, 0.717) is 22.1 Å². The van der Waals surface area contributed by atoms with Gasteiger partial charge in [0.15, 0.2) is 11.6 Å². The van der Waals surface area contributed by atoms with Gasteiger partial charge < -0.3 is 4.42 Å². The van der Waals surface area contributed by atoms with E-state index in [1.807, 2.05) is 59.9 Å². The second-order valence-electron chi connectivity index (χ2n) is 7.72.